The van der Waals surface area contributed by atoms with Crippen LogP contribution in [0.25, 0.3) is 11.3 Å². The number of carbonyl (C=O) groups excluding carboxylic acids is 1. The molecule has 0 radical (unpaired) electrons. The monoisotopic (exact) mass is 636 g/mol. The number of aromatic nitrogens is 2. The smallest absolute Gasteiger partial charge is 0.405 e. The lowest BCUT2D eigenvalue weighted by molar-refractivity contribution is -0.274. The summed E-state index contributed by atoms with van der Waals surface area (Å²) >= 11 is 0. The third-order valence-electron chi connectivity index (χ3n) is 8.33. The van der Waals surface area contributed by atoms with E-state index in [0.29, 0.717) is 23.4 Å². The van der Waals surface area contributed by atoms with Gasteiger partial charge in [-0.2, -0.15) is 8.42 Å². The second-order valence-corrected chi connectivity index (χ2v) is 12.9. The maximum Gasteiger partial charge on any atom is 0.573 e. The molecule has 1 saturated carbocycles. The van der Waals surface area contributed by atoms with Crippen LogP contribution in [0.15, 0.2) is 47.1 Å². The predicted molar refractivity (Wildman–Crippen MR) is 152 cm³/mol. The zero-order chi connectivity index (χ0) is 31.1. The van der Waals surface area contributed by atoms with Crippen LogP contribution in [0.5, 0.6) is 5.75 Å². The summed E-state index contributed by atoms with van der Waals surface area (Å²) in [7, 11) is -4.22. The number of fused-ring (bicyclic) bond motifs is 2. The van der Waals surface area contributed by atoms with Gasteiger partial charge in [0, 0.05) is 35.7 Å². The number of carbonyl (C=O) groups is 1. The molecule has 3 fully saturated rings. The molecule has 1 N–H and O–H groups in total. The number of anilines is 2. The molecular formula is C29H31F3N4O7S. The van der Waals surface area contributed by atoms with Crippen LogP contribution in [0.1, 0.15) is 55.8 Å². The minimum Gasteiger partial charge on any atom is -0.405 e. The van der Waals surface area contributed by atoms with Crippen LogP contribution in [-0.4, -0.2) is 66.4 Å². The molecule has 0 spiro atoms. The van der Waals surface area contributed by atoms with Crippen molar-refractivity contribution < 1.29 is 44.9 Å². The second-order valence-electron chi connectivity index (χ2n) is 11.3. The Hall–Kier alpha value is -3.69. The lowest BCUT2D eigenvalue weighted by Crippen LogP contribution is -2.46. The highest BCUT2D eigenvalue weighted by Gasteiger charge is 2.42. The zero-order valence-corrected chi connectivity index (χ0v) is 24.3. The number of hydrogen-bond donors (Lipinski definition) is 1. The van der Waals surface area contributed by atoms with E-state index in [1.165, 1.54) is 29.3 Å². The fourth-order valence-corrected chi connectivity index (χ4v) is 6.64. The first-order chi connectivity index (χ1) is 21.0. The number of benzene rings is 1. The molecule has 1 aromatic carbocycles. The summed E-state index contributed by atoms with van der Waals surface area (Å²) in [5.41, 5.74) is 1.54. The van der Waals surface area contributed by atoms with Crippen LogP contribution in [0.4, 0.5) is 24.7 Å². The maximum absolute atomic E-state index is 13.1. The molecule has 2 aliphatic heterocycles. The van der Waals surface area contributed by atoms with E-state index in [2.05, 4.69) is 19.8 Å². The average molecular weight is 637 g/mol. The normalized spacial score (nSPS) is 21.8. The van der Waals surface area contributed by atoms with Gasteiger partial charge in [-0.25, -0.2) is 4.98 Å². The number of piperidine rings is 1. The summed E-state index contributed by atoms with van der Waals surface area (Å²) in [5, 5.41) is 4.16. The summed E-state index contributed by atoms with van der Waals surface area (Å²) in [6.45, 7) is -0.0538. The molecule has 2 bridgehead atoms. The number of para-hydroxylation sites is 1. The van der Waals surface area contributed by atoms with E-state index in [0.717, 1.165) is 44.3 Å². The van der Waals surface area contributed by atoms with Gasteiger partial charge in [0.15, 0.2) is 0 Å². The van der Waals surface area contributed by atoms with Crippen LogP contribution < -0.4 is 14.5 Å². The van der Waals surface area contributed by atoms with Gasteiger partial charge >= 0.3 is 6.36 Å². The van der Waals surface area contributed by atoms with Crippen molar-refractivity contribution >= 4 is 28.0 Å². The quantitative estimate of drug-likeness (QED) is 0.212. The van der Waals surface area contributed by atoms with Crippen molar-refractivity contribution in [2.24, 2.45) is 0 Å². The minimum atomic E-state index is -4.85. The molecule has 236 valence electrons. The molecule has 2 saturated heterocycles. The highest BCUT2D eigenvalue weighted by atomic mass is 32.2. The van der Waals surface area contributed by atoms with Crippen molar-refractivity contribution in [2.45, 2.75) is 75.6 Å². The van der Waals surface area contributed by atoms with E-state index in [-0.39, 0.29) is 54.3 Å². The molecule has 44 heavy (non-hydrogen) atoms. The Bertz CT molecular complexity index is 1580. The van der Waals surface area contributed by atoms with Crippen LogP contribution in [0, 0.1) is 0 Å². The van der Waals surface area contributed by atoms with E-state index < -0.39 is 22.2 Å². The lowest BCUT2D eigenvalue weighted by Gasteiger charge is -2.39. The van der Waals surface area contributed by atoms with Crippen LogP contribution in [-0.2, 0) is 26.3 Å². The summed E-state index contributed by atoms with van der Waals surface area (Å²) in [6.07, 6.45) is 2.22. The standard InChI is InChI=1S/C29H31F3N4O7S/c30-29(31,32)42-25-4-2-1-3-23(25)27-24(28(43-34-27)18-5-6-18)16-41-22-13-19-7-8-20(14-22)36(19)26-10-9-21(15-33-26)35(17-37)11-12-44(38,39)40/h1-4,9-10,15,17-20,22H,5-8,11-14,16H2,(H,38,39,40)/t19-,20+,22?. The van der Waals surface area contributed by atoms with Gasteiger partial charge in [-0.3, -0.25) is 9.35 Å². The second kappa shape index (κ2) is 12.0. The van der Waals surface area contributed by atoms with Gasteiger partial charge in [0.1, 0.15) is 23.0 Å². The van der Waals surface area contributed by atoms with E-state index in [4.69, 9.17) is 13.8 Å². The number of hydrogen-bond acceptors (Lipinski definition) is 9. The van der Waals surface area contributed by atoms with Gasteiger partial charge in [0.05, 0.1) is 30.3 Å². The van der Waals surface area contributed by atoms with Crippen molar-refractivity contribution in [3.63, 3.8) is 0 Å². The average Bonchev–Trinajstić information content (AvgIpc) is 3.67. The van der Waals surface area contributed by atoms with E-state index >= 15 is 0 Å². The lowest BCUT2D eigenvalue weighted by atomic mass is 9.99. The Kier molecular flexibility index (Phi) is 8.28. The molecule has 1 unspecified atom stereocenters. The van der Waals surface area contributed by atoms with E-state index in [1.54, 1.807) is 18.2 Å². The highest BCUT2D eigenvalue weighted by Crippen LogP contribution is 2.46. The Labute approximate surface area is 251 Å². The van der Waals surface area contributed by atoms with Gasteiger partial charge in [0.25, 0.3) is 10.1 Å². The van der Waals surface area contributed by atoms with Gasteiger partial charge in [-0.1, -0.05) is 17.3 Å². The van der Waals surface area contributed by atoms with Crippen LogP contribution in [0.3, 0.4) is 0 Å². The van der Waals surface area contributed by atoms with Gasteiger partial charge in [-0.15, -0.1) is 13.2 Å². The van der Waals surface area contributed by atoms with Crippen LogP contribution in [0.2, 0.25) is 0 Å². The molecule has 4 heterocycles. The SMILES string of the molecule is O=CN(CCS(=O)(=O)O)c1ccc(N2[C@@H]3CC[C@H]2CC(OCc2c(-c4ccccc4OC(F)(F)F)noc2C2CC2)C3)nc1. The third-order valence-corrected chi connectivity index (χ3v) is 9.03. The first kappa shape index (κ1) is 30.3. The molecule has 3 aromatic rings. The Morgan fingerprint density at radius 3 is 2.43 bits per heavy atom. The first-order valence-corrected chi connectivity index (χ1v) is 16.0. The first-order valence-electron chi connectivity index (χ1n) is 14.4. The Morgan fingerprint density at radius 1 is 1.09 bits per heavy atom. The number of alkyl halides is 3. The number of pyridine rings is 1. The highest BCUT2D eigenvalue weighted by molar-refractivity contribution is 7.85. The van der Waals surface area contributed by atoms with Crippen molar-refractivity contribution in [3.05, 3.63) is 53.9 Å². The fraction of sp³-hybridized carbons (Fsp3) is 0.483. The molecule has 15 heteroatoms. The van der Waals surface area contributed by atoms with Crippen molar-refractivity contribution in [1.82, 2.24) is 10.1 Å². The maximum atomic E-state index is 13.1. The summed E-state index contributed by atoms with van der Waals surface area (Å²) in [5.74, 6) is 0.612. The molecule has 3 aliphatic rings. The van der Waals surface area contributed by atoms with Gasteiger partial charge in [0.2, 0.25) is 6.41 Å². The minimum absolute atomic E-state index is 0.0921. The Morgan fingerprint density at radius 2 is 1.82 bits per heavy atom. The van der Waals surface area contributed by atoms with E-state index in [1.807, 2.05) is 0 Å². The Balaban J connectivity index is 1.14. The zero-order valence-electron chi connectivity index (χ0n) is 23.5. The number of amides is 1. The summed E-state index contributed by atoms with van der Waals surface area (Å²) < 4.78 is 86.8. The molecular weight excluding hydrogens is 605 g/mol. The predicted octanol–water partition coefficient (Wildman–Crippen LogP) is 5.08. The van der Waals surface area contributed by atoms with Crippen molar-refractivity contribution in [2.75, 3.05) is 22.1 Å². The number of ether oxygens (including phenoxy) is 2. The van der Waals surface area contributed by atoms with Gasteiger partial charge in [-0.05, 0) is 62.8 Å². The van der Waals surface area contributed by atoms with Crippen molar-refractivity contribution in [1.29, 1.82) is 0 Å². The molecule has 6 rings (SSSR count). The third kappa shape index (κ3) is 6.84. The molecule has 11 nitrogen and oxygen atoms in total. The molecule has 2 aromatic heterocycles. The van der Waals surface area contributed by atoms with E-state index in [9.17, 15) is 26.4 Å². The van der Waals surface area contributed by atoms with Gasteiger partial charge < -0.3 is 23.8 Å². The largest absolute Gasteiger partial charge is 0.573 e. The summed E-state index contributed by atoms with van der Waals surface area (Å²) in [6, 6.07) is 9.67. The summed E-state index contributed by atoms with van der Waals surface area (Å²) in [4.78, 5) is 19.4. The molecule has 1 amide bonds. The van der Waals surface area contributed by atoms with Crippen molar-refractivity contribution in [3.8, 4) is 17.0 Å². The van der Waals surface area contributed by atoms with Crippen LogP contribution >= 0.6 is 0 Å². The molecule has 1 aliphatic carbocycles. The number of nitrogens with zero attached hydrogens (tertiary/aromatic N) is 4. The fourth-order valence-electron chi connectivity index (χ4n) is 6.21. The molecule has 3 atom stereocenters. The number of halogens is 3. The number of rotatable bonds is 12. The topological polar surface area (TPSA) is 135 Å².